The highest BCUT2D eigenvalue weighted by Gasteiger charge is 2.36. The molecule has 1 aromatic carbocycles. The van der Waals surface area contributed by atoms with Crippen LogP contribution >= 0.6 is 0 Å². The lowest BCUT2D eigenvalue weighted by Crippen LogP contribution is -2.29. The summed E-state index contributed by atoms with van der Waals surface area (Å²) in [5.74, 6) is -0.619. The van der Waals surface area contributed by atoms with E-state index in [1.807, 2.05) is 12.1 Å². The lowest BCUT2D eigenvalue weighted by molar-refractivity contribution is -0.147. The van der Waals surface area contributed by atoms with Crippen molar-refractivity contribution in [1.82, 2.24) is 0 Å². The van der Waals surface area contributed by atoms with Crippen LogP contribution in [0.1, 0.15) is 32.6 Å². The van der Waals surface area contributed by atoms with Gasteiger partial charge in [0.25, 0.3) is 0 Å². The molecule has 0 bridgehead atoms. The normalized spacial score (nSPS) is 21.6. The number of ether oxygens (including phenoxy) is 1. The van der Waals surface area contributed by atoms with Crippen LogP contribution in [0.3, 0.4) is 0 Å². The van der Waals surface area contributed by atoms with Gasteiger partial charge in [0.15, 0.2) is 0 Å². The van der Waals surface area contributed by atoms with Crippen molar-refractivity contribution < 1.29 is 14.3 Å². The summed E-state index contributed by atoms with van der Waals surface area (Å²) < 4.78 is 5.03. The highest BCUT2D eigenvalue weighted by atomic mass is 16.5. The van der Waals surface area contributed by atoms with E-state index in [1.165, 1.54) is 24.9 Å². The van der Waals surface area contributed by atoms with Crippen molar-refractivity contribution >= 4 is 23.3 Å². The van der Waals surface area contributed by atoms with E-state index in [1.54, 1.807) is 11.8 Å². The number of amides is 1. The average molecular weight is 316 g/mol. The maximum Gasteiger partial charge on any atom is 0.311 e. The molecular weight excluding hydrogens is 292 g/mol. The average Bonchev–Trinajstić information content (AvgIpc) is 2.98. The Hall–Kier alpha value is -2.04. The van der Waals surface area contributed by atoms with Crippen molar-refractivity contribution in [3.8, 4) is 0 Å². The summed E-state index contributed by atoms with van der Waals surface area (Å²) in [6, 6.07) is 8.11. The molecule has 0 radical (unpaired) electrons. The molecule has 3 rings (SSSR count). The second-order valence-electron chi connectivity index (χ2n) is 6.22. The first-order chi connectivity index (χ1) is 11.2. The van der Waals surface area contributed by atoms with Gasteiger partial charge in [-0.1, -0.05) is 0 Å². The van der Waals surface area contributed by atoms with Crippen molar-refractivity contribution in [3.63, 3.8) is 0 Å². The molecule has 0 unspecified atom stereocenters. The summed E-state index contributed by atoms with van der Waals surface area (Å²) in [5.41, 5.74) is 2.07. The van der Waals surface area contributed by atoms with Gasteiger partial charge in [0, 0.05) is 37.4 Å². The summed E-state index contributed by atoms with van der Waals surface area (Å²) in [6.07, 6.45) is 4.04. The number of hydrogen-bond donors (Lipinski definition) is 0. The highest BCUT2D eigenvalue weighted by molar-refractivity contribution is 5.99. The Morgan fingerprint density at radius 1 is 1.13 bits per heavy atom. The molecular formula is C18H24N2O3. The van der Waals surface area contributed by atoms with Crippen LogP contribution in [0, 0.1) is 5.92 Å². The van der Waals surface area contributed by atoms with E-state index in [0.29, 0.717) is 13.2 Å². The Morgan fingerprint density at radius 2 is 1.78 bits per heavy atom. The summed E-state index contributed by atoms with van der Waals surface area (Å²) in [4.78, 5) is 28.1. The molecule has 2 saturated heterocycles. The van der Waals surface area contributed by atoms with Gasteiger partial charge in [0.05, 0.1) is 12.5 Å². The summed E-state index contributed by atoms with van der Waals surface area (Å²) in [7, 11) is 0. The third kappa shape index (κ3) is 3.49. The van der Waals surface area contributed by atoms with Crippen LogP contribution in [0.2, 0.25) is 0 Å². The van der Waals surface area contributed by atoms with E-state index in [4.69, 9.17) is 4.74 Å². The monoisotopic (exact) mass is 316 g/mol. The summed E-state index contributed by atoms with van der Waals surface area (Å²) in [6.45, 7) is 4.76. The van der Waals surface area contributed by atoms with Crippen molar-refractivity contribution in [3.05, 3.63) is 24.3 Å². The van der Waals surface area contributed by atoms with Gasteiger partial charge in [-0.05, 0) is 50.5 Å². The third-order valence-electron chi connectivity index (χ3n) is 4.63. The van der Waals surface area contributed by atoms with Crippen LogP contribution in [0.5, 0.6) is 0 Å². The SMILES string of the molecule is CCOC(=O)[C@@H]1CC(=O)N(c2ccc(N3CCCCC3)cc2)C1. The van der Waals surface area contributed by atoms with E-state index < -0.39 is 0 Å². The van der Waals surface area contributed by atoms with Crippen molar-refractivity contribution in [2.75, 3.05) is 36.0 Å². The lowest BCUT2D eigenvalue weighted by atomic mass is 10.1. The molecule has 0 aliphatic carbocycles. The fourth-order valence-corrected chi connectivity index (χ4v) is 3.37. The van der Waals surface area contributed by atoms with Crippen LogP contribution in [0.4, 0.5) is 11.4 Å². The molecule has 0 saturated carbocycles. The molecule has 124 valence electrons. The Labute approximate surface area is 137 Å². The van der Waals surface area contributed by atoms with Gasteiger partial charge in [-0.25, -0.2) is 0 Å². The maximum atomic E-state index is 12.2. The van der Waals surface area contributed by atoms with Gasteiger partial charge in [-0.3, -0.25) is 9.59 Å². The quantitative estimate of drug-likeness (QED) is 0.801. The largest absolute Gasteiger partial charge is 0.466 e. The first-order valence-corrected chi connectivity index (χ1v) is 8.51. The number of anilines is 2. The van der Waals surface area contributed by atoms with Crippen LogP contribution in [0.25, 0.3) is 0 Å². The molecule has 5 nitrogen and oxygen atoms in total. The molecule has 2 aliphatic rings. The predicted molar refractivity (Wildman–Crippen MR) is 89.6 cm³/mol. The molecule has 0 N–H and O–H groups in total. The number of benzene rings is 1. The minimum Gasteiger partial charge on any atom is -0.466 e. The first kappa shape index (κ1) is 15.8. The van der Waals surface area contributed by atoms with E-state index in [-0.39, 0.29) is 24.2 Å². The van der Waals surface area contributed by atoms with Crippen molar-refractivity contribution in [2.45, 2.75) is 32.6 Å². The number of esters is 1. The van der Waals surface area contributed by atoms with E-state index >= 15 is 0 Å². The lowest BCUT2D eigenvalue weighted by Gasteiger charge is -2.29. The number of carbonyl (C=O) groups is 2. The van der Waals surface area contributed by atoms with Crippen molar-refractivity contribution in [1.29, 1.82) is 0 Å². The number of piperidine rings is 1. The molecule has 23 heavy (non-hydrogen) atoms. The standard InChI is InChI=1S/C18H24N2O3/c1-2-23-18(22)14-12-17(21)20(13-14)16-8-6-15(7-9-16)19-10-4-3-5-11-19/h6-9,14H,2-5,10-13H2,1H3/t14-/m1/s1. The zero-order valence-electron chi connectivity index (χ0n) is 13.7. The van der Waals surface area contributed by atoms with Gasteiger partial charge in [-0.15, -0.1) is 0 Å². The molecule has 2 heterocycles. The van der Waals surface area contributed by atoms with Crippen molar-refractivity contribution in [2.24, 2.45) is 5.92 Å². The zero-order valence-corrected chi connectivity index (χ0v) is 13.7. The van der Waals surface area contributed by atoms with Crippen LogP contribution in [0.15, 0.2) is 24.3 Å². The number of carbonyl (C=O) groups excluding carboxylic acids is 2. The van der Waals surface area contributed by atoms with Crippen LogP contribution in [-0.2, 0) is 14.3 Å². The van der Waals surface area contributed by atoms with Crippen LogP contribution < -0.4 is 9.80 Å². The predicted octanol–water partition coefficient (Wildman–Crippen LogP) is 2.59. The molecule has 1 amide bonds. The molecule has 1 atom stereocenters. The molecule has 5 heteroatoms. The third-order valence-corrected chi connectivity index (χ3v) is 4.63. The van der Waals surface area contributed by atoms with E-state index in [2.05, 4.69) is 17.0 Å². The van der Waals surface area contributed by atoms with Gasteiger partial charge in [0.2, 0.25) is 5.91 Å². The number of nitrogens with zero attached hydrogens (tertiary/aromatic N) is 2. The Morgan fingerprint density at radius 3 is 2.43 bits per heavy atom. The second-order valence-corrected chi connectivity index (χ2v) is 6.22. The molecule has 1 aromatic rings. The zero-order chi connectivity index (χ0) is 16.2. The van der Waals surface area contributed by atoms with E-state index in [9.17, 15) is 9.59 Å². The van der Waals surface area contributed by atoms with Gasteiger partial charge >= 0.3 is 5.97 Å². The minimum atomic E-state index is -0.343. The maximum absolute atomic E-state index is 12.2. The number of rotatable bonds is 4. The second kappa shape index (κ2) is 7.02. The fraction of sp³-hybridized carbons (Fsp3) is 0.556. The Bertz CT molecular complexity index is 564. The molecule has 0 aromatic heterocycles. The van der Waals surface area contributed by atoms with E-state index in [0.717, 1.165) is 18.8 Å². The molecule has 0 spiro atoms. The molecule has 2 fully saturated rings. The highest BCUT2D eigenvalue weighted by Crippen LogP contribution is 2.28. The topological polar surface area (TPSA) is 49.9 Å². The minimum absolute atomic E-state index is 0.00576. The summed E-state index contributed by atoms with van der Waals surface area (Å²) in [5, 5.41) is 0. The fourth-order valence-electron chi connectivity index (χ4n) is 3.37. The Balaban J connectivity index is 1.67. The van der Waals surface area contributed by atoms with Crippen LogP contribution in [-0.4, -0.2) is 38.1 Å². The summed E-state index contributed by atoms with van der Waals surface area (Å²) >= 11 is 0. The smallest absolute Gasteiger partial charge is 0.311 e. The molecule has 2 aliphatic heterocycles. The number of hydrogen-bond acceptors (Lipinski definition) is 4. The first-order valence-electron chi connectivity index (χ1n) is 8.51. The van der Waals surface area contributed by atoms with Gasteiger partial charge in [0.1, 0.15) is 0 Å². The Kier molecular flexibility index (Phi) is 4.84. The van der Waals surface area contributed by atoms with Gasteiger partial charge < -0.3 is 14.5 Å². The van der Waals surface area contributed by atoms with Gasteiger partial charge in [-0.2, -0.15) is 0 Å².